The molecule has 0 bridgehead atoms. The van der Waals surface area contributed by atoms with Crippen LogP contribution in [0.4, 0.5) is 0 Å². The number of nitrogens with zero attached hydrogens (tertiary/aromatic N) is 1. The SMILES string of the molecule is CC(c1cccc(S(N)(=O)=O)c1)N(C)C(=O)/C=C/c1ccc(C(C)(C)C)cc1. The highest BCUT2D eigenvalue weighted by molar-refractivity contribution is 7.89. The van der Waals surface area contributed by atoms with E-state index in [9.17, 15) is 13.2 Å². The van der Waals surface area contributed by atoms with Crippen LogP contribution in [0, 0.1) is 0 Å². The Balaban J connectivity index is 2.13. The van der Waals surface area contributed by atoms with Crippen molar-refractivity contribution >= 4 is 22.0 Å². The minimum Gasteiger partial charge on any atom is -0.335 e. The molecule has 5 nitrogen and oxygen atoms in total. The van der Waals surface area contributed by atoms with Gasteiger partial charge < -0.3 is 4.90 Å². The molecular formula is C22H28N2O3S. The predicted molar refractivity (Wildman–Crippen MR) is 113 cm³/mol. The molecule has 2 N–H and O–H groups in total. The van der Waals surface area contributed by atoms with Crippen molar-refractivity contribution in [3.63, 3.8) is 0 Å². The Morgan fingerprint density at radius 2 is 1.71 bits per heavy atom. The van der Waals surface area contributed by atoms with E-state index < -0.39 is 10.0 Å². The molecule has 0 saturated heterocycles. The highest BCUT2D eigenvalue weighted by atomic mass is 32.2. The van der Waals surface area contributed by atoms with E-state index in [4.69, 9.17) is 5.14 Å². The summed E-state index contributed by atoms with van der Waals surface area (Å²) in [6, 6.07) is 14.1. The molecule has 2 aromatic rings. The molecule has 1 unspecified atom stereocenters. The molecule has 0 heterocycles. The van der Waals surface area contributed by atoms with Crippen LogP contribution in [0.2, 0.25) is 0 Å². The van der Waals surface area contributed by atoms with Crippen LogP contribution in [-0.2, 0) is 20.2 Å². The number of sulfonamides is 1. The van der Waals surface area contributed by atoms with Gasteiger partial charge in [0.2, 0.25) is 15.9 Å². The zero-order chi connectivity index (χ0) is 21.1. The largest absolute Gasteiger partial charge is 0.335 e. The van der Waals surface area contributed by atoms with Crippen LogP contribution in [0.5, 0.6) is 0 Å². The number of primary sulfonamides is 1. The molecule has 2 rings (SSSR count). The molecule has 0 aliphatic rings. The number of likely N-dealkylation sites (N-methyl/N-ethyl adjacent to an activating group) is 1. The second-order valence-electron chi connectivity index (χ2n) is 7.95. The lowest BCUT2D eigenvalue weighted by Gasteiger charge is -2.24. The molecule has 0 aliphatic heterocycles. The van der Waals surface area contributed by atoms with E-state index in [1.54, 1.807) is 30.2 Å². The van der Waals surface area contributed by atoms with Gasteiger partial charge in [0.25, 0.3) is 0 Å². The molecule has 0 saturated carbocycles. The number of carbonyl (C=O) groups is 1. The van der Waals surface area contributed by atoms with E-state index in [0.29, 0.717) is 5.56 Å². The van der Waals surface area contributed by atoms with E-state index in [-0.39, 0.29) is 22.3 Å². The average Bonchev–Trinajstić information content (AvgIpc) is 2.64. The van der Waals surface area contributed by atoms with Crippen molar-refractivity contribution in [2.45, 2.75) is 44.0 Å². The molecule has 1 amide bonds. The van der Waals surface area contributed by atoms with Gasteiger partial charge in [-0.05, 0) is 47.2 Å². The molecule has 0 aromatic heterocycles. The van der Waals surface area contributed by atoms with Crippen LogP contribution in [0.15, 0.2) is 59.5 Å². The molecule has 0 spiro atoms. The normalized spacial score (nSPS) is 13.5. The van der Waals surface area contributed by atoms with Crippen molar-refractivity contribution in [3.05, 3.63) is 71.3 Å². The minimum atomic E-state index is -3.78. The summed E-state index contributed by atoms with van der Waals surface area (Å²) in [6.07, 6.45) is 3.30. The van der Waals surface area contributed by atoms with Crippen molar-refractivity contribution in [2.75, 3.05) is 7.05 Å². The number of benzene rings is 2. The summed E-state index contributed by atoms with van der Waals surface area (Å²) in [7, 11) is -2.10. The Labute approximate surface area is 167 Å². The molecule has 2 aromatic carbocycles. The lowest BCUT2D eigenvalue weighted by Crippen LogP contribution is -2.28. The molecule has 150 valence electrons. The summed E-state index contributed by atoms with van der Waals surface area (Å²) in [4.78, 5) is 14.1. The first kappa shape index (κ1) is 21.9. The van der Waals surface area contributed by atoms with E-state index in [1.165, 1.54) is 23.8 Å². The fraction of sp³-hybridized carbons (Fsp3) is 0.318. The summed E-state index contributed by atoms with van der Waals surface area (Å²) >= 11 is 0. The number of hydrogen-bond donors (Lipinski definition) is 1. The van der Waals surface area contributed by atoms with Gasteiger partial charge in [-0.2, -0.15) is 0 Å². The fourth-order valence-corrected chi connectivity index (χ4v) is 3.31. The third kappa shape index (κ3) is 5.53. The first-order chi connectivity index (χ1) is 12.9. The summed E-state index contributed by atoms with van der Waals surface area (Å²) < 4.78 is 23.1. The van der Waals surface area contributed by atoms with Gasteiger partial charge in [0.1, 0.15) is 0 Å². The summed E-state index contributed by atoms with van der Waals surface area (Å²) in [5.41, 5.74) is 2.96. The number of hydrogen-bond acceptors (Lipinski definition) is 3. The Kier molecular flexibility index (Phi) is 6.47. The number of rotatable bonds is 5. The molecule has 1 atom stereocenters. The van der Waals surface area contributed by atoms with Crippen LogP contribution in [0.25, 0.3) is 6.08 Å². The first-order valence-electron chi connectivity index (χ1n) is 9.08. The van der Waals surface area contributed by atoms with Crippen LogP contribution in [0.1, 0.15) is 50.4 Å². The van der Waals surface area contributed by atoms with Crippen molar-refractivity contribution < 1.29 is 13.2 Å². The van der Waals surface area contributed by atoms with Gasteiger partial charge in [0, 0.05) is 13.1 Å². The number of amides is 1. The highest BCUT2D eigenvalue weighted by Gasteiger charge is 2.18. The smallest absolute Gasteiger partial charge is 0.246 e. The first-order valence-corrected chi connectivity index (χ1v) is 10.6. The van der Waals surface area contributed by atoms with Crippen molar-refractivity contribution in [3.8, 4) is 0 Å². The maximum atomic E-state index is 12.5. The second kappa shape index (κ2) is 8.29. The maximum absolute atomic E-state index is 12.5. The van der Waals surface area contributed by atoms with Crippen LogP contribution >= 0.6 is 0 Å². The lowest BCUT2D eigenvalue weighted by molar-refractivity contribution is -0.126. The number of carbonyl (C=O) groups excluding carboxylic acids is 1. The molecular weight excluding hydrogens is 372 g/mol. The van der Waals surface area contributed by atoms with Gasteiger partial charge in [-0.3, -0.25) is 4.79 Å². The Morgan fingerprint density at radius 1 is 1.11 bits per heavy atom. The summed E-state index contributed by atoms with van der Waals surface area (Å²) in [6.45, 7) is 8.31. The standard InChI is InChI=1S/C22H28N2O3S/c1-16(18-7-6-8-20(15-18)28(23,26)27)24(5)21(25)14-11-17-9-12-19(13-10-17)22(2,3)4/h6-16H,1-5H3,(H2,23,26,27)/b14-11+. The Hall–Kier alpha value is -2.44. The van der Waals surface area contributed by atoms with E-state index in [0.717, 1.165) is 5.56 Å². The monoisotopic (exact) mass is 400 g/mol. The van der Waals surface area contributed by atoms with Crippen LogP contribution in [0.3, 0.4) is 0 Å². The van der Waals surface area contributed by atoms with E-state index in [2.05, 4.69) is 32.9 Å². The van der Waals surface area contributed by atoms with Crippen molar-refractivity contribution in [1.29, 1.82) is 0 Å². The predicted octanol–water partition coefficient (Wildman–Crippen LogP) is 3.86. The zero-order valence-electron chi connectivity index (χ0n) is 17.0. The maximum Gasteiger partial charge on any atom is 0.246 e. The zero-order valence-corrected chi connectivity index (χ0v) is 17.8. The third-order valence-corrected chi connectivity index (χ3v) is 5.70. The van der Waals surface area contributed by atoms with Crippen LogP contribution < -0.4 is 5.14 Å². The minimum absolute atomic E-state index is 0.0344. The lowest BCUT2D eigenvalue weighted by atomic mass is 9.87. The fourth-order valence-electron chi connectivity index (χ4n) is 2.75. The quantitative estimate of drug-likeness (QED) is 0.774. The topological polar surface area (TPSA) is 80.5 Å². The number of nitrogens with two attached hydrogens (primary N) is 1. The Morgan fingerprint density at radius 3 is 2.25 bits per heavy atom. The molecule has 0 radical (unpaired) electrons. The van der Waals surface area contributed by atoms with E-state index >= 15 is 0 Å². The van der Waals surface area contributed by atoms with Gasteiger partial charge in [0.05, 0.1) is 10.9 Å². The van der Waals surface area contributed by atoms with Gasteiger partial charge in [-0.15, -0.1) is 0 Å². The molecule has 28 heavy (non-hydrogen) atoms. The van der Waals surface area contributed by atoms with Gasteiger partial charge in [-0.1, -0.05) is 57.2 Å². The summed E-state index contributed by atoms with van der Waals surface area (Å²) in [5, 5.41) is 5.19. The molecule has 0 aliphatic carbocycles. The van der Waals surface area contributed by atoms with Crippen molar-refractivity contribution in [1.82, 2.24) is 4.90 Å². The molecule has 0 fully saturated rings. The van der Waals surface area contributed by atoms with E-state index in [1.807, 2.05) is 19.1 Å². The van der Waals surface area contributed by atoms with Crippen molar-refractivity contribution in [2.24, 2.45) is 5.14 Å². The van der Waals surface area contributed by atoms with Gasteiger partial charge >= 0.3 is 0 Å². The second-order valence-corrected chi connectivity index (χ2v) is 9.51. The Bertz CT molecular complexity index is 972. The summed E-state index contributed by atoms with van der Waals surface area (Å²) in [5.74, 6) is -0.173. The van der Waals surface area contributed by atoms with Gasteiger partial charge in [-0.25, -0.2) is 13.6 Å². The average molecular weight is 401 g/mol. The third-order valence-electron chi connectivity index (χ3n) is 4.79. The molecule has 6 heteroatoms. The van der Waals surface area contributed by atoms with Gasteiger partial charge in [0.15, 0.2) is 0 Å². The highest BCUT2D eigenvalue weighted by Crippen LogP contribution is 2.23. The van der Waals surface area contributed by atoms with Crippen LogP contribution in [-0.4, -0.2) is 26.3 Å².